The fourth-order valence-electron chi connectivity index (χ4n) is 1.34. The van der Waals surface area contributed by atoms with Gasteiger partial charge >= 0.3 is 0 Å². The third kappa shape index (κ3) is 3.06. The molecule has 1 aromatic heterocycles. The minimum atomic E-state index is -0.172. The van der Waals surface area contributed by atoms with E-state index in [0.29, 0.717) is 11.4 Å². The Labute approximate surface area is 121 Å². The summed E-state index contributed by atoms with van der Waals surface area (Å²) < 4.78 is 3.42. The van der Waals surface area contributed by atoms with E-state index in [4.69, 9.17) is 0 Å². The highest BCUT2D eigenvalue weighted by molar-refractivity contribution is 14.1. The van der Waals surface area contributed by atoms with Crippen LogP contribution >= 0.6 is 38.5 Å². The minimum absolute atomic E-state index is 0.172. The van der Waals surface area contributed by atoms with Crippen molar-refractivity contribution in [1.82, 2.24) is 9.78 Å². The van der Waals surface area contributed by atoms with Crippen molar-refractivity contribution in [3.8, 4) is 0 Å². The third-order valence-corrected chi connectivity index (χ3v) is 3.49. The smallest absolute Gasteiger partial charge is 0.258 e. The van der Waals surface area contributed by atoms with Gasteiger partial charge in [0.1, 0.15) is 0 Å². The third-order valence-electron chi connectivity index (χ3n) is 2.13. The number of hydrogen-bond donors (Lipinski definition) is 1. The largest absolute Gasteiger partial charge is 0.305 e. The van der Waals surface area contributed by atoms with Gasteiger partial charge in [-0.25, -0.2) is 0 Å². The van der Waals surface area contributed by atoms with Crippen molar-refractivity contribution in [1.29, 1.82) is 0 Å². The highest BCUT2D eigenvalue weighted by atomic mass is 127. The lowest BCUT2D eigenvalue weighted by Gasteiger charge is -2.05. The molecule has 6 heteroatoms. The molecule has 2 aromatic rings. The zero-order valence-corrected chi connectivity index (χ0v) is 12.7. The second-order valence-electron chi connectivity index (χ2n) is 3.45. The van der Waals surface area contributed by atoms with Crippen molar-refractivity contribution in [3.63, 3.8) is 0 Å². The number of carbonyl (C=O) groups is 1. The second kappa shape index (κ2) is 5.18. The molecule has 2 rings (SSSR count). The Bertz CT molecular complexity index is 568. The molecule has 0 aliphatic heterocycles. The SMILES string of the molecule is Cn1ccc(NC(=O)c2cc(I)ccc2Br)n1. The number of nitrogens with zero attached hydrogens (tertiary/aromatic N) is 2. The molecule has 0 atom stereocenters. The van der Waals surface area contributed by atoms with E-state index >= 15 is 0 Å². The first-order chi connectivity index (χ1) is 8.06. The zero-order valence-electron chi connectivity index (χ0n) is 8.95. The van der Waals surface area contributed by atoms with Crippen LogP contribution in [-0.2, 0) is 7.05 Å². The molecule has 0 unspecified atom stereocenters. The monoisotopic (exact) mass is 405 g/mol. The summed E-state index contributed by atoms with van der Waals surface area (Å²) in [6.07, 6.45) is 1.78. The van der Waals surface area contributed by atoms with E-state index < -0.39 is 0 Å². The molecule has 4 nitrogen and oxygen atoms in total. The standard InChI is InChI=1S/C11H9BrIN3O/c1-16-5-4-10(15-16)14-11(17)8-6-7(13)2-3-9(8)12/h2-6H,1H3,(H,14,15,17). The highest BCUT2D eigenvalue weighted by Crippen LogP contribution is 2.20. The van der Waals surface area contributed by atoms with Crippen LogP contribution in [0.2, 0.25) is 0 Å². The van der Waals surface area contributed by atoms with E-state index in [2.05, 4.69) is 48.9 Å². The van der Waals surface area contributed by atoms with Gasteiger partial charge in [-0.3, -0.25) is 9.48 Å². The van der Waals surface area contributed by atoms with Crippen molar-refractivity contribution in [2.75, 3.05) is 5.32 Å². The van der Waals surface area contributed by atoms with Gasteiger partial charge in [0.05, 0.1) is 5.56 Å². The van der Waals surface area contributed by atoms with Crippen molar-refractivity contribution in [2.24, 2.45) is 7.05 Å². The maximum atomic E-state index is 12.0. The van der Waals surface area contributed by atoms with Gasteiger partial charge < -0.3 is 5.32 Å². The van der Waals surface area contributed by atoms with Gasteiger partial charge in [-0.15, -0.1) is 0 Å². The molecular formula is C11H9BrIN3O. The lowest BCUT2D eigenvalue weighted by atomic mass is 10.2. The van der Waals surface area contributed by atoms with Crippen molar-refractivity contribution < 1.29 is 4.79 Å². The number of aromatic nitrogens is 2. The summed E-state index contributed by atoms with van der Waals surface area (Å²) in [6, 6.07) is 7.36. The Kier molecular flexibility index (Phi) is 3.82. The van der Waals surface area contributed by atoms with Crippen LogP contribution < -0.4 is 5.32 Å². The summed E-state index contributed by atoms with van der Waals surface area (Å²) in [6.45, 7) is 0. The van der Waals surface area contributed by atoms with Crippen LogP contribution in [0.15, 0.2) is 34.9 Å². The molecule has 0 saturated carbocycles. The van der Waals surface area contributed by atoms with Gasteiger partial charge in [0.25, 0.3) is 5.91 Å². The number of nitrogens with one attached hydrogen (secondary N) is 1. The van der Waals surface area contributed by atoms with Gasteiger partial charge in [0.2, 0.25) is 0 Å². The average molecular weight is 406 g/mol. The Morgan fingerprint density at radius 2 is 2.24 bits per heavy atom. The number of hydrogen-bond acceptors (Lipinski definition) is 2. The Balaban J connectivity index is 2.22. The zero-order chi connectivity index (χ0) is 12.4. The van der Waals surface area contributed by atoms with Crippen molar-refractivity contribution in [2.45, 2.75) is 0 Å². The summed E-state index contributed by atoms with van der Waals surface area (Å²) in [5.74, 6) is 0.373. The molecule has 0 bridgehead atoms. The van der Waals surface area contributed by atoms with Gasteiger partial charge in [-0.1, -0.05) is 0 Å². The predicted octanol–water partition coefficient (Wildman–Crippen LogP) is 3.04. The van der Waals surface area contributed by atoms with Crippen LogP contribution in [-0.4, -0.2) is 15.7 Å². The van der Waals surface area contributed by atoms with E-state index in [9.17, 15) is 4.79 Å². The van der Waals surface area contributed by atoms with E-state index in [1.807, 2.05) is 18.2 Å². The quantitative estimate of drug-likeness (QED) is 0.780. The molecule has 0 saturated heterocycles. The molecule has 0 aliphatic carbocycles. The number of rotatable bonds is 2. The lowest BCUT2D eigenvalue weighted by Crippen LogP contribution is -2.13. The first kappa shape index (κ1) is 12.6. The van der Waals surface area contributed by atoms with Gasteiger partial charge in [0.15, 0.2) is 5.82 Å². The number of anilines is 1. The highest BCUT2D eigenvalue weighted by Gasteiger charge is 2.11. The molecule has 1 aromatic carbocycles. The average Bonchev–Trinajstić information content (AvgIpc) is 2.67. The van der Waals surface area contributed by atoms with Crippen LogP contribution in [0.5, 0.6) is 0 Å². The van der Waals surface area contributed by atoms with Crippen molar-refractivity contribution in [3.05, 3.63) is 44.1 Å². The van der Waals surface area contributed by atoms with E-state index in [1.165, 1.54) is 0 Å². The summed E-state index contributed by atoms with van der Waals surface area (Å²) >= 11 is 5.53. The summed E-state index contributed by atoms with van der Waals surface area (Å²) in [5.41, 5.74) is 0.600. The van der Waals surface area contributed by atoms with Crippen LogP contribution in [0.3, 0.4) is 0 Å². The number of aryl methyl sites for hydroxylation is 1. The Morgan fingerprint density at radius 3 is 2.88 bits per heavy atom. The van der Waals surface area contributed by atoms with Gasteiger partial charge in [-0.05, 0) is 56.7 Å². The molecule has 1 N–H and O–H groups in total. The van der Waals surface area contributed by atoms with E-state index in [0.717, 1.165) is 8.04 Å². The maximum absolute atomic E-state index is 12.0. The molecule has 88 valence electrons. The van der Waals surface area contributed by atoms with Gasteiger partial charge in [-0.2, -0.15) is 5.10 Å². The molecule has 1 amide bonds. The number of benzene rings is 1. The molecule has 1 heterocycles. The molecule has 17 heavy (non-hydrogen) atoms. The minimum Gasteiger partial charge on any atom is -0.305 e. The second-order valence-corrected chi connectivity index (χ2v) is 5.55. The van der Waals surface area contributed by atoms with E-state index in [1.54, 1.807) is 24.0 Å². The Morgan fingerprint density at radius 1 is 1.47 bits per heavy atom. The lowest BCUT2D eigenvalue weighted by molar-refractivity contribution is 0.102. The van der Waals surface area contributed by atoms with Crippen LogP contribution in [0.1, 0.15) is 10.4 Å². The normalized spacial score (nSPS) is 10.3. The predicted molar refractivity (Wildman–Crippen MR) is 78.0 cm³/mol. The first-order valence-corrected chi connectivity index (χ1v) is 6.69. The summed E-state index contributed by atoms with van der Waals surface area (Å²) in [4.78, 5) is 12.0. The molecule has 0 aliphatic rings. The first-order valence-electron chi connectivity index (χ1n) is 4.82. The molecule has 0 fully saturated rings. The maximum Gasteiger partial charge on any atom is 0.258 e. The summed E-state index contributed by atoms with van der Waals surface area (Å²) in [5, 5.41) is 6.84. The van der Waals surface area contributed by atoms with Crippen molar-refractivity contribution >= 4 is 50.2 Å². The van der Waals surface area contributed by atoms with E-state index in [-0.39, 0.29) is 5.91 Å². The molecule has 0 spiro atoms. The van der Waals surface area contributed by atoms with Crippen LogP contribution in [0, 0.1) is 3.57 Å². The van der Waals surface area contributed by atoms with Crippen LogP contribution in [0.25, 0.3) is 0 Å². The number of amides is 1. The van der Waals surface area contributed by atoms with Gasteiger partial charge in [0, 0.05) is 27.4 Å². The molecular weight excluding hydrogens is 397 g/mol. The summed E-state index contributed by atoms with van der Waals surface area (Å²) in [7, 11) is 1.80. The topological polar surface area (TPSA) is 46.9 Å². The number of carbonyl (C=O) groups excluding carboxylic acids is 1. The molecule has 0 radical (unpaired) electrons. The van der Waals surface area contributed by atoms with Crippen LogP contribution in [0.4, 0.5) is 5.82 Å². The Hall–Kier alpha value is -0.890. The number of halogens is 2. The fourth-order valence-corrected chi connectivity index (χ4v) is 2.25. The fraction of sp³-hybridized carbons (Fsp3) is 0.0909.